The number of aryl methyl sites for hydroxylation is 1. The zero-order valence-electron chi connectivity index (χ0n) is 14.7. The normalized spacial score (nSPS) is 12.0. The lowest BCUT2D eigenvalue weighted by Crippen LogP contribution is -2.38. The molecule has 2 aromatic rings. The molecule has 2 rings (SSSR count). The maximum Gasteiger partial charge on any atom is 0.267 e. The number of nitrogens with one attached hydrogen (secondary N) is 3. The Balaban J connectivity index is 2.40. The predicted molar refractivity (Wildman–Crippen MR) is 95.9 cm³/mol. The highest BCUT2D eigenvalue weighted by atomic mass is 16.2. The van der Waals surface area contributed by atoms with Gasteiger partial charge in [0.15, 0.2) is 11.6 Å². The third kappa shape index (κ3) is 4.59. The molecule has 11 nitrogen and oxygen atoms in total. The summed E-state index contributed by atoms with van der Waals surface area (Å²) in [6, 6.07) is 0.895. The molecule has 0 aliphatic carbocycles. The number of H-pyrrole nitrogens is 1. The Bertz CT molecular complexity index is 870. The van der Waals surface area contributed by atoms with Crippen molar-refractivity contribution in [1.29, 1.82) is 0 Å². The Hall–Kier alpha value is -3.37. The fourth-order valence-electron chi connectivity index (χ4n) is 2.35. The summed E-state index contributed by atoms with van der Waals surface area (Å²) < 4.78 is 1.53. The van der Waals surface area contributed by atoms with E-state index in [0.717, 1.165) is 0 Å². The Kier molecular flexibility index (Phi) is 5.60. The molecule has 0 saturated heterocycles. The van der Waals surface area contributed by atoms with Crippen molar-refractivity contribution < 1.29 is 9.59 Å². The van der Waals surface area contributed by atoms with Crippen LogP contribution in [0.3, 0.4) is 0 Å². The fourth-order valence-corrected chi connectivity index (χ4v) is 2.35. The molecule has 140 valence electrons. The van der Waals surface area contributed by atoms with Gasteiger partial charge >= 0.3 is 0 Å². The number of carbonyl (C=O) groups is 2. The summed E-state index contributed by atoms with van der Waals surface area (Å²) >= 11 is 0. The second-order valence-corrected chi connectivity index (χ2v) is 6.23. The maximum atomic E-state index is 12.3. The van der Waals surface area contributed by atoms with Gasteiger partial charge in [-0.2, -0.15) is 10.1 Å². The van der Waals surface area contributed by atoms with Crippen molar-refractivity contribution in [2.75, 3.05) is 10.6 Å². The molecule has 0 fully saturated rings. The largest absolute Gasteiger partial charge is 0.368 e. The van der Waals surface area contributed by atoms with Crippen molar-refractivity contribution in [2.45, 2.75) is 26.3 Å². The van der Waals surface area contributed by atoms with Crippen LogP contribution >= 0.6 is 0 Å². The van der Waals surface area contributed by atoms with Gasteiger partial charge in [-0.15, -0.1) is 0 Å². The van der Waals surface area contributed by atoms with Crippen LogP contribution in [-0.2, 0) is 11.8 Å². The van der Waals surface area contributed by atoms with Gasteiger partial charge in [0.25, 0.3) is 11.5 Å². The molecule has 11 heteroatoms. The first-order valence-corrected chi connectivity index (χ1v) is 7.94. The minimum atomic E-state index is -0.947. The van der Waals surface area contributed by atoms with E-state index < -0.39 is 23.4 Å². The number of carbonyl (C=O) groups excluding carboxylic acids is 2. The van der Waals surface area contributed by atoms with Gasteiger partial charge in [-0.05, 0) is 12.3 Å². The SMILES string of the molecule is CC(C)CC(Nc1nc(Nc2ccn(C)n2)c(C(N)=O)c(=O)[nH]1)C(N)=O. The van der Waals surface area contributed by atoms with Crippen molar-refractivity contribution in [3.05, 3.63) is 28.2 Å². The quantitative estimate of drug-likeness (QED) is 0.427. The molecule has 2 amide bonds. The molecular formula is C15H22N8O3. The first kappa shape index (κ1) is 19.0. The highest BCUT2D eigenvalue weighted by Crippen LogP contribution is 2.17. The maximum absolute atomic E-state index is 12.3. The second kappa shape index (κ2) is 7.68. The van der Waals surface area contributed by atoms with Crippen molar-refractivity contribution in [3.63, 3.8) is 0 Å². The molecule has 2 heterocycles. The molecule has 1 atom stereocenters. The standard InChI is InChI=1S/C15H22N8O3/c1-7(2)6-8(11(16)24)18-15-20-13(10(12(17)25)14(26)21-15)19-9-4-5-23(3)22-9/h4-5,7-8H,6H2,1-3H3,(H2,16,24)(H2,17,25)(H3,18,19,20,21,22,26). The van der Waals surface area contributed by atoms with Crippen LogP contribution in [0.4, 0.5) is 17.6 Å². The predicted octanol–water partition coefficient (Wildman–Crippen LogP) is -0.342. The highest BCUT2D eigenvalue weighted by molar-refractivity contribution is 5.98. The van der Waals surface area contributed by atoms with Crippen LogP contribution in [0.15, 0.2) is 17.1 Å². The molecule has 2 aromatic heterocycles. The van der Waals surface area contributed by atoms with Crippen LogP contribution in [0.5, 0.6) is 0 Å². The van der Waals surface area contributed by atoms with Gasteiger partial charge in [-0.3, -0.25) is 24.0 Å². The van der Waals surface area contributed by atoms with Crippen molar-refractivity contribution in [1.82, 2.24) is 19.7 Å². The van der Waals surface area contributed by atoms with E-state index in [1.54, 1.807) is 19.3 Å². The fraction of sp³-hybridized carbons (Fsp3) is 0.400. The lowest BCUT2D eigenvalue weighted by molar-refractivity contribution is -0.119. The minimum absolute atomic E-state index is 0.0112. The van der Waals surface area contributed by atoms with E-state index in [-0.39, 0.29) is 23.2 Å². The summed E-state index contributed by atoms with van der Waals surface area (Å²) in [5.41, 5.74) is 9.57. The van der Waals surface area contributed by atoms with Gasteiger partial charge in [0.2, 0.25) is 11.9 Å². The number of rotatable bonds is 8. The number of hydrogen-bond acceptors (Lipinski definition) is 7. The first-order chi connectivity index (χ1) is 12.2. The zero-order chi connectivity index (χ0) is 19.4. The molecule has 0 bridgehead atoms. The number of aromatic amines is 1. The number of hydrogen-bond donors (Lipinski definition) is 5. The Morgan fingerprint density at radius 3 is 2.54 bits per heavy atom. The van der Waals surface area contributed by atoms with Crippen molar-refractivity contribution >= 4 is 29.4 Å². The molecule has 0 radical (unpaired) electrons. The summed E-state index contributed by atoms with van der Waals surface area (Å²) in [5, 5.41) is 9.67. The lowest BCUT2D eigenvalue weighted by Gasteiger charge is -2.18. The van der Waals surface area contributed by atoms with E-state index in [2.05, 4.69) is 25.7 Å². The summed E-state index contributed by atoms with van der Waals surface area (Å²) in [6.07, 6.45) is 2.12. The monoisotopic (exact) mass is 362 g/mol. The number of nitrogens with two attached hydrogens (primary N) is 2. The molecule has 0 spiro atoms. The van der Waals surface area contributed by atoms with Crippen LogP contribution in [-0.4, -0.2) is 37.6 Å². The summed E-state index contributed by atoms with van der Waals surface area (Å²) in [7, 11) is 1.71. The van der Waals surface area contributed by atoms with Crippen LogP contribution in [0.2, 0.25) is 0 Å². The van der Waals surface area contributed by atoms with Gasteiger partial charge in [0, 0.05) is 19.3 Å². The number of aromatic nitrogens is 4. The van der Waals surface area contributed by atoms with Crippen LogP contribution < -0.4 is 27.7 Å². The topological polar surface area (TPSA) is 174 Å². The van der Waals surface area contributed by atoms with Gasteiger partial charge < -0.3 is 22.1 Å². The average molecular weight is 362 g/mol. The van der Waals surface area contributed by atoms with E-state index >= 15 is 0 Å². The van der Waals surface area contributed by atoms with Gasteiger partial charge in [-0.1, -0.05) is 13.8 Å². The minimum Gasteiger partial charge on any atom is -0.368 e. The first-order valence-electron chi connectivity index (χ1n) is 7.94. The zero-order valence-corrected chi connectivity index (χ0v) is 14.7. The Morgan fingerprint density at radius 2 is 2.04 bits per heavy atom. The second-order valence-electron chi connectivity index (χ2n) is 6.23. The molecule has 0 aliphatic rings. The molecule has 26 heavy (non-hydrogen) atoms. The molecule has 7 N–H and O–H groups in total. The Labute approximate surface area is 149 Å². The lowest BCUT2D eigenvalue weighted by atomic mass is 10.0. The van der Waals surface area contributed by atoms with Gasteiger partial charge in [-0.25, -0.2) is 0 Å². The van der Waals surface area contributed by atoms with E-state index in [1.807, 2.05) is 13.8 Å². The number of anilines is 3. The van der Waals surface area contributed by atoms with Crippen molar-refractivity contribution in [2.24, 2.45) is 24.4 Å². The average Bonchev–Trinajstić information content (AvgIpc) is 2.90. The van der Waals surface area contributed by atoms with E-state index in [4.69, 9.17) is 11.5 Å². The number of primary amides is 2. The van der Waals surface area contributed by atoms with E-state index in [0.29, 0.717) is 12.2 Å². The molecule has 1 unspecified atom stereocenters. The molecule has 0 saturated carbocycles. The molecular weight excluding hydrogens is 340 g/mol. The van der Waals surface area contributed by atoms with Crippen molar-refractivity contribution in [3.8, 4) is 0 Å². The summed E-state index contributed by atoms with van der Waals surface area (Å²) in [5.74, 6) is -1.06. The number of nitrogens with zero attached hydrogens (tertiary/aromatic N) is 3. The smallest absolute Gasteiger partial charge is 0.267 e. The van der Waals surface area contributed by atoms with Gasteiger partial charge in [0.1, 0.15) is 11.6 Å². The van der Waals surface area contributed by atoms with Crippen LogP contribution in [0.1, 0.15) is 30.6 Å². The summed E-state index contributed by atoms with van der Waals surface area (Å²) in [4.78, 5) is 42.0. The van der Waals surface area contributed by atoms with E-state index in [1.165, 1.54) is 4.68 Å². The Morgan fingerprint density at radius 1 is 1.35 bits per heavy atom. The third-order valence-electron chi connectivity index (χ3n) is 3.49. The van der Waals surface area contributed by atoms with E-state index in [9.17, 15) is 14.4 Å². The highest BCUT2D eigenvalue weighted by Gasteiger charge is 2.21. The molecule has 0 aromatic carbocycles. The third-order valence-corrected chi connectivity index (χ3v) is 3.49. The number of amides is 2. The van der Waals surface area contributed by atoms with Crippen LogP contribution in [0.25, 0.3) is 0 Å². The van der Waals surface area contributed by atoms with Gasteiger partial charge in [0.05, 0.1) is 0 Å². The van der Waals surface area contributed by atoms with Crippen LogP contribution in [0, 0.1) is 5.92 Å². The molecule has 0 aliphatic heterocycles. The summed E-state index contributed by atoms with van der Waals surface area (Å²) in [6.45, 7) is 3.86.